The minimum atomic E-state index is -0.740. The average Bonchev–Trinajstić information content (AvgIpc) is 3.37. The molecule has 0 atom stereocenters. The Bertz CT molecular complexity index is 1550. The lowest BCUT2D eigenvalue weighted by Gasteiger charge is -2.13. The molecular formula is C33H36N2O8S. The van der Waals surface area contributed by atoms with Crippen LogP contribution in [0, 0.1) is 13.8 Å². The molecule has 0 radical (unpaired) electrons. The average molecular weight is 621 g/mol. The van der Waals surface area contributed by atoms with Crippen molar-refractivity contribution < 1.29 is 38.1 Å². The van der Waals surface area contributed by atoms with Crippen molar-refractivity contribution in [1.82, 2.24) is 4.68 Å². The van der Waals surface area contributed by atoms with E-state index in [1.54, 1.807) is 39.8 Å². The number of hydrogen-bond donors (Lipinski definition) is 0. The number of hydrogen-bond acceptors (Lipinski definition) is 10. The monoisotopic (exact) mass is 620 g/mol. The summed E-state index contributed by atoms with van der Waals surface area (Å²) < 4.78 is 22.3. The van der Waals surface area contributed by atoms with Crippen LogP contribution in [0.15, 0.2) is 70.8 Å². The highest BCUT2D eigenvalue weighted by molar-refractivity contribution is 8.18. The van der Waals surface area contributed by atoms with Crippen LogP contribution < -0.4 is 0 Å². The fourth-order valence-electron chi connectivity index (χ4n) is 3.99. The quantitative estimate of drug-likeness (QED) is 0.0779. The van der Waals surface area contributed by atoms with Gasteiger partial charge < -0.3 is 18.9 Å². The molecule has 0 spiro atoms. The fraction of sp³-hybridized carbons (Fsp3) is 0.303. The Morgan fingerprint density at radius 2 is 1.30 bits per heavy atom. The summed E-state index contributed by atoms with van der Waals surface area (Å²) in [7, 11) is 0. The zero-order valence-electron chi connectivity index (χ0n) is 25.7. The van der Waals surface area contributed by atoms with E-state index in [0.717, 1.165) is 29.0 Å². The normalized spacial score (nSPS) is 11.6. The van der Waals surface area contributed by atoms with Gasteiger partial charge in [-0.05, 0) is 41.5 Å². The number of rotatable bonds is 12. The van der Waals surface area contributed by atoms with E-state index in [4.69, 9.17) is 24.0 Å². The summed E-state index contributed by atoms with van der Waals surface area (Å²) in [5.41, 5.74) is 3.38. The molecule has 0 saturated heterocycles. The first kappa shape index (κ1) is 33.9. The van der Waals surface area contributed by atoms with Crippen molar-refractivity contribution in [2.24, 2.45) is 5.10 Å². The molecule has 11 heteroatoms. The number of carbonyl (C=O) groups is 4. The van der Waals surface area contributed by atoms with Gasteiger partial charge in [-0.3, -0.25) is 0 Å². The molecule has 0 bridgehead atoms. The van der Waals surface area contributed by atoms with Crippen LogP contribution in [0.3, 0.4) is 0 Å². The second-order valence-corrected chi connectivity index (χ2v) is 10.3. The maximum Gasteiger partial charge on any atom is 0.345 e. The van der Waals surface area contributed by atoms with Crippen molar-refractivity contribution in [3.63, 3.8) is 0 Å². The lowest BCUT2D eigenvalue weighted by Crippen LogP contribution is -2.13. The van der Waals surface area contributed by atoms with Crippen molar-refractivity contribution >= 4 is 40.7 Å². The fourth-order valence-corrected chi connectivity index (χ4v) is 4.88. The van der Waals surface area contributed by atoms with Crippen LogP contribution in [0.5, 0.6) is 0 Å². The smallest absolute Gasteiger partial charge is 0.345 e. The molecule has 2 aromatic carbocycles. The molecular weight excluding hydrogens is 584 g/mol. The first-order valence-corrected chi connectivity index (χ1v) is 15.0. The van der Waals surface area contributed by atoms with Gasteiger partial charge in [0.1, 0.15) is 15.5 Å². The lowest BCUT2D eigenvalue weighted by molar-refractivity contribution is -0.140. The molecule has 232 valence electrons. The molecule has 0 aliphatic rings. The summed E-state index contributed by atoms with van der Waals surface area (Å²) in [6.45, 7) is 10.9. The number of nitrogens with zero attached hydrogens (tertiary/aromatic N) is 2. The Hall–Kier alpha value is -4.64. The van der Waals surface area contributed by atoms with E-state index in [9.17, 15) is 19.2 Å². The zero-order chi connectivity index (χ0) is 32.2. The van der Waals surface area contributed by atoms with E-state index in [1.165, 1.54) is 10.9 Å². The van der Waals surface area contributed by atoms with Crippen LogP contribution in [0.2, 0.25) is 0 Å². The summed E-state index contributed by atoms with van der Waals surface area (Å²) in [6.07, 6.45) is 2.45. The van der Waals surface area contributed by atoms with Gasteiger partial charge in [0, 0.05) is 23.4 Å². The van der Waals surface area contributed by atoms with Crippen LogP contribution in [0.1, 0.15) is 65.1 Å². The van der Waals surface area contributed by atoms with Gasteiger partial charge in [0.2, 0.25) is 0 Å². The van der Waals surface area contributed by atoms with E-state index in [0.29, 0.717) is 11.1 Å². The molecule has 3 rings (SSSR count). The summed E-state index contributed by atoms with van der Waals surface area (Å²) in [6, 6.07) is 14.7. The number of carbonyl (C=O) groups excluding carboxylic acids is 4. The summed E-state index contributed by atoms with van der Waals surface area (Å²) in [4.78, 5) is 51.8. The minimum absolute atomic E-state index is 0.0150. The van der Waals surface area contributed by atoms with Gasteiger partial charge in [0.05, 0.1) is 37.7 Å². The SMILES string of the molecule is CCOC(=O)/C=C(\S/C(=N\n1cc(C(=O)OCC)c(C(=O)OCC)c1-c1ccc(C)cc1)c1ccc(C)cc1)C(=O)OCC. The molecule has 44 heavy (non-hydrogen) atoms. The van der Waals surface area contributed by atoms with Gasteiger partial charge in [0.25, 0.3) is 0 Å². The third-order valence-electron chi connectivity index (χ3n) is 6.00. The zero-order valence-corrected chi connectivity index (χ0v) is 26.5. The number of aromatic nitrogens is 1. The summed E-state index contributed by atoms with van der Waals surface area (Å²) >= 11 is 0.887. The molecule has 0 unspecified atom stereocenters. The predicted octanol–water partition coefficient (Wildman–Crippen LogP) is 6.08. The Kier molecular flexibility index (Phi) is 12.5. The van der Waals surface area contributed by atoms with Gasteiger partial charge >= 0.3 is 23.9 Å². The largest absolute Gasteiger partial charge is 0.463 e. The van der Waals surface area contributed by atoms with Crippen molar-refractivity contribution in [1.29, 1.82) is 0 Å². The first-order chi connectivity index (χ1) is 21.1. The molecule has 10 nitrogen and oxygen atoms in total. The van der Waals surface area contributed by atoms with Gasteiger partial charge in [0.15, 0.2) is 0 Å². The number of ether oxygens (including phenoxy) is 4. The molecule has 0 saturated carbocycles. The molecule has 0 fully saturated rings. The number of thioether (sulfide) groups is 1. The molecule has 0 aliphatic heterocycles. The Labute approximate surface area is 261 Å². The van der Waals surface area contributed by atoms with Crippen LogP contribution >= 0.6 is 11.8 Å². The molecule has 0 N–H and O–H groups in total. The van der Waals surface area contributed by atoms with Crippen LogP contribution in [-0.2, 0) is 28.5 Å². The van der Waals surface area contributed by atoms with Crippen LogP contribution in [0.4, 0.5) is 0 Å². The topological polar surface area (TPSA) is 122 Å². The van der Waals surface area contributed by atoms with Gasteiger partial charge in [-0.2, -0.15) is 5.10 Å². The maximum absolute atomic E-state index is 13.3. The third kappa shape index (κ3) is 8.70. The molecule has 0 aliphatic carbocycles. The van der Waals surface area contributed by atoms with Crippen molar-refractivity contribution in [2.45, 2.75) is 41.5 Å². The number of benzene rings is 2. The standard InChI is InChI=1S/C33H36N2O8S/c1-7-40-27(36)19-26(32(38)42-9-3)44-30(24-17-13-22(6)14-18-24)34-35-20-25(31(37)41-8-2)28(33(39)43-10-4)29(35)23-15-11-21(5)12-16-23/h11-20H,7-10H2,1-6H3/b26-19-,34-30-. The van der Waals surface area contributed by atoms with Crippen LogP contribution in [-0.4, -0.2) is 60.0 Å². The Morgan fingerprint density at radius 3 is 1.86 bits per heavy atom. The molecule has 0 amide bonds. The van der Waals surface area contributed by atoms with E-state index < -0.39 is 23.9 Å². The van der Waals surface area contributed by atoms with E-state index in [-0.39, 0.29) is 53.2 Å². The third-order valence-corrected chi connectivity index (χ3v) is 7.02. The van der Waals surface area contributed by atoms with E-state index in [2.05, 4.69) is 0 Å². The Morgan fingerprint density at radius 1 is 0.750 bits per heavy atom. The van der Waals surface area contributed by atoms with Gasteiger partial charge in [-0.15, -0.1) is 0 Å². The van der Waals surface area contributed by atoms with Crippen molar-refractivity contribution in [3.8, 4) is 11.3 Å². The highest BCUT2D eigenvalue weighted by Gasteiger charge is 2.30. The molecule has 1 heterocycles. The highest BCUT2D eigenvalue weighted by Crippen LogP contribution is 2.32. The Balaban J connectivity index is 2.37. The summed E-state index contributed by atoms with van der Waals surface area (Å²) in [5.74, 6) is -2.91. The maximum atomic E-state index is 13.3. The van der Waals surface area contributed by atoms with Crippen molar-refractivity contribution in [2.75, 3.05) is 26.4 Å². The number of aryl methyl sites for hydroxylation is 2. The van der Waals surface area contributed by atoms with E-state index >= 15 is 0 Å². The minimum Gasteiger partial charge on any atom is -0.463 e. The second kappa shape index (κ2) is 16.3. The van der Waals surface area contributed by atoms with Gasteiger partial charge in [-0.25, -0.2) is 23.9 Å². The predicted molar refractivity (Wildman–Crippen MR) is 169 cm³/mol. The van der Waals surface area contributed by atoms with Crippen molar-refractivity contribution in [3.05, 3.63) is 93.5 Å². The van der Waals surface area contributed by atoms with Gasteiger partial charge in [-0.1, -0.05) is 71.4 Å². The lowest BCUT2D eigenvalue weighted by atomic mass is 10.0. The first-order valence-electron chi connectivity index (χ1n) is 14.2. The molecule has 1 aromatic heterocycles. The van der Waals surface area contributed by atoms with Crippen LogP contribution in [0.25, 0.3) is 11.3 Å². The van der Waals surface area contributed by atoms with E-state index in [1.807, 2.05) is 50.2 Å². The highest BCUT2D eigenvalue weighted by atomic mass is 32.2. The second-order valence-electron chi connectivity index (χ2n) is 9.27. The number of esters is 4. The summed E-state index contributed by atoms with van der Waals surface area (Å²) in [5, 5.41) is 5.11. The molecule has 3 aromatic rings.